The first-order chi connectivity index (χ1) is 13.8. The molecule has 1 unspecified atom stereocenters. The van der Waals surface area contributed by atoms with Gasteiger partial charge in [-0.2, -0.15) is 5.10 Å². The van der Waals surface area contributed by atoms with E-state index in [-0.39, 0.29) is 5.75 Å². The Hall–Kier alpha value is -3.39. The van der Waals surface area contributed by atoms with Gasteiger partial charge in [0, 0.05) is 5.56 Å². The van der Waals surface area contributed by atoms with Crippen molar-refractivity contribution in [3.63, 3.8) is 0 Å². The SMILES string of the molecule is CC(C(=O)NN=Cc1c(O)ccc2ccccc12)N(c1ccccc1)S(C)(=O)=O. The van der Waals surface area contributed by atoms with Crippen LogP contribution >= 0.6 is 0 Å². The van der Waals surface area contributed by atoms with Gasteiger partial charge < -0.3 is 5.11 Å². The maximum absolute atomic E-state index is 12.5. The zero-order chi connectivity index (χ0) is 21.0. The molecule has 150 valence electrons. The predicted molar refractivity (Wildman–Crippen MR) is 115 cm³/mol. The van der Waals surface area contributed by atoms with Crippen molar-refractivity contribution in [2.45, 2.75) is 13.0 Å². The van der Waals surface area contributed by atoms with Gasteiger partial charge in [-0.3, -0.25) is 9.10 Å². The predicted octanol–water partition coefficient (Wildman–Crippen LogP) is 2.85. The Morgan fingerprint density at radius 2 is 1.72 bits per heavy atom. The highest BCUT2D eigenvalue weighted by Gasteiger charge is 2.28. The van der Waals surface area contributed by atoms with Gasteiger partial charge in [0.05, 0.1) is 18.2 Å². The highest BCUT2D eigenvalue weighted by Crippen LogP contribution is 2.25. The van der Waals surface area contributed by atoms with Gasteiger partial charge in [-0.05, 0) is 35.9 Å². The summed E-state index contributed by atoms with van der Waals surface area (Å²) in [5.41, 5.74) is 3.20. The molecule has 0 radical (unpaired) electrons. The molecule has 0 aliphatic carbocycles. The van der Waals surface area contributed by atoms with E-state index in [1.807, 2.05) is 24.3 Å². The Bertz CT molecular complexity index is 1160. The minimum Gasteiger partial charge on any atom is -0.507 e. The first-order valence-electron chi connectivity index (χ1n) is 8.87. The number of carbonyl (C=O) groups excluding carboxylic acids is 1. The number of carbonyl (C=O) groups is 1. The van der Waals surface area contributed by atoms with Crippen molar-refractivity contribution in [1.29, 1.82) is 0 Å². The Kier molecular flexibility index (Phi) is 5.84. The summed E-state index contributed by atoms with van der Waals surface area (Å²) in [5, 5.41) is 15.8. The fourth-order valence-corrected chi connectivity index (χ4v) is 4.23. The number of aromatic hydroxyl groups is 1. The van der Waals surface area contributed by atoms with Crippen LogP contribution in [0.3, 0.4) is 0 Å². The van der Waals surface area contributed by atoms with Gasteiger partial charge in [-0.15, -0.1) is 0 Å². The number of rotatable bonds is 6. The number of nitrogens with zero attached hydrogens (tertiary/aromatic N) is 2. The maximum atomic E-state index is 12.5. The summed E-state index contributed by atoms with van der Waals surface area (Å²) >= 11 is 0. The minimum atomic E-state index is -3.69. The molecule has 3 rings (SSSR count). The van der Waals surface area contributed by atoms with E-state index in [0.29, 0.717) is 11.3 Å². The third-order valence-electron chi connectivity index (χ3n) is 4.42. The number of anilines is 1. The monoisotopic (exact) mass is 411 g/mol. The molecule has 0 heterocycles. The number of hydrogen-bond donors (Lipinski definition) is 2. The lowest BCUT2D eigenvalue weighted by atomic mass is 10.0. The van der Waals surface area contributed by atoms with Crippen LogP contribution < -0.4 is 9.73 Å². The Morgan fingerprint density at radius 1 is 1.07 bits per heavy atom. The van der Waals surface area contributed by atoms with Crippen molar-refractivity contribution in [2.75, 3.05) is 10.6 Å². The van der Waals surface area contributed by atoms with Gasteiger partial charge >= 0.3 is 0 Å². The molecule has 29 heavy (non-hydrogen) atoms. The molecule has 2 N–H and O–H groups in total. The van der Waals surface area contributed by atoms with Crippen LogP contribution in [0.4, 0.5) is 5.69 Å². The normalized spacial score (nSPS) is 12.8. The molecule has 1 amide bonds. The molecule has 3 aromatic rings. The van der Waals surface area contributed by atoms with Gasteiger partial charge in [0.15, 0.2) is 0 Å². The average Bonchev–Trinajstić information content (AvgIpc) is 2.69. The molecule has 0 saturated carbocycles. The summed E-state index contributed by atoms with van der Waals surface area (Å²) in [4.78, 5) is 12.5. The smallest absolute Gasteiger partial charge is 0.263 e. The number of fused-ring (bicyclic) bond motifs is 1. The zero-order valence-corrected chi connectivity index (χ0v) is 16.8. The Balaban J connectivity index is 1.82. The highest BCUT2D eigenvalue weighted by molar-refractivity contribution is 7.92. The van der Waals surface area contributed by atoms with Gasteiger partial charge in [0.2, 0.25) is 10.0 Å². The van der Waals surface area contributed by atoms with E-state index in [0.717, 1.165) is 21.3 Å². The van der Waals surface area contributed by atoms with Crippen LogP contribution in [0.1, 0.15) is 12.5 Å². The number of hydrazone groups is 1. The molecule has 0 fully saturated rings. The van der Waals surface area contributed by atoms with E-state index < -0.39 is 22.0 Å². The van der Waals surface area contributed by atoms with Crippen LogP contribution in [0.15, 0.2) is 71.8 Å². The summed E-state index contributed by atoms with van der Waals surface area (Å²) < 4.78 is 25.5. The van der Waals surface area contributed by atoms with Crippen LogP contribution in [-0.2, 0) is 14.8 Å². The first-order valence-corrected chi connectivity index (χ1v) is 10.7. The van der Waals surface area contributed by atoms with Crippen molar-refractivity contribution in [2.24, 2.45) is 5.10 Å². The fraction of sp³-hybridized carbons (Fsp3) is 0.143. The van der Waals surface area contributed by atoms with Crippen LogP contribution in [0.2, 0.25) is 0 Å². The molecule has 1 atom stereocenters. The van der Waals surface area contributed by atoms with Crippen LogP contribution in [-0.4, -0.2) is 37.9 Å². The minimum absolute atomic E-state index is 0.0248. The van der Waals surface area contributed by atoms with Crippen molar-refractivity contribution in [3.05, 3.63) is 72.3 Å². The summed E-state index contributed by atoms with van der Waals surface area (Å²) in [6, 6.07) is 18.1. The van der Waals surface area contributed by atoms with E-state index in [1.165, 1.54) is 13.1 Å². The van der Waals surface area contributed by atoms with Gasteiger partial charge in [0.25, 0.3) is 5.91 Å². The molecule has 0 aliphatic rings. The second-order valence-electron chi connectivity index (χ2n) is 6.52. The van der Waals surface area contributed by atoms with Crippen molar-refractivity contribution >= 4 is 38.6 Å². The number of para-hydroxylation sites is 1. The topological polar surface area (TPSA) is 99.1 Å². The number of phenolic OH excluding ortho intramolecular Hbond substituents is 1. The largest absolute Gasteiger partial charge is 0.507 e. The Morgan fingerprint density at radius 3 is 2.41 bits per heavy atom. The molecular formula is C21H21N3O4S. The average molecular weight is 411 g/mol. The first kappa shape index (κ1) is 20.3. The molecule has 8 heteroatoms. The van der Waals surface area contributed by atoms with E-state index in [2.05, 4.69) is 10.5 Å². The lowest BCUT2D eigenvalue weighted by Crippen LogP contribution is -2.46. The van der Waals surface area contributed by atoms with E-state index in [1.54, 1.807) is 42.5 Å². The van der Waals surface area contributed by atoms with Crippen molar-refractivity contribution in [3.8, 4) is 5.75 Å². The highest BCUT2D eigenvalue weighted by atomic mass is 32.2. The molecular weight excluding hydrogens is 390 g/mol. The Labute approximate surface area is 169 Å². The third kappa shape index (κ3) is 4.55. The van der Waals surface area contributed by atoms with Crippen LogP contribution in [0, 0.1) is 0 Å². The molecule has 3 aromatic carbocycles. The van der Waals surface area contributed by atoms with Crippen LogP contribution in [0.5, 0.6) is 5.75 Å². The van der Waals surface area contributed by atoms with Crippen LogP contribution in [0.25, 0.3) is 10.8 Å². The number of hydrogen-bond acceptors (Lipinski definition) is 5. The number of amides is 1. The third-order valence-corrected chi connectivity index (χ3v) is 5.66. The number of benzene rings is 3. The second kappa shape index (κ2) is 8.32. The van der Waals surface area contributed by atoms with Gasteiger partial charge in [0.1, 0.15) is 11.8 Å². The number of phenols is 1. The fourth-order valence-electron chi connectivity index (χ4n) is 3.06. The van der Waals surface area contributed by atoms with E-state index >= 15 is 0 Å². The summed E-state index contributed by atoms with van der Waals surface area (Å²) in [5.74, 6) is -0.577. The molecule has 0 aliphatic heterocycles. The summed E-state index contributed by atoms with van der Waals surface area (Å²) in [7, 11) is -3.69. The van der Waals surface area contributed by atoms with E-state index in [4.69, 9.17) is 0 Å². The van der Waals surface area contributed by atoms with E-state index in [9.17, 15) is 18.3 Å². The summed E-state index contributed by atoms with van der Waals surface area (Å²) in [6.45, 7) is 1.48. The number of nitrogens with one attached hydrogen (secondary N) is 1. The maximum Gasteiger partial charge on any atom is 0.263 e. The quantitative estimate of drug-likeness (QED) is 0.481. The van der Waals surface area contributed by atoms with Crippen molar-refractivity contribution in [1.82, 2.24) is 5.43 Å². The van der Waals surface area contributed by atoms with Gasteiger partial charge in [-0.1, -0.05) is 48.5 Å². The molecule has 7 nitrogen and oxygen atoms in total. The lowest BCUT2D eigenvalue weighted by molar-refractivity contribution is -0.121. The zero-order valence-electron chi connectivity index (χ0n) is 16.0. The van der Waals surface area contributed by atoms with Gasteiger partial charge in [-0.25, -0.2) is 13.8 Å². The lowest BCUT2D eigenvalue weighted by Gasteiger charge is -2.27. The van der Waals surface area contributed by atoms with Crippen molar-refractivity contribution < 1.29 is 18.3 Å². The molecule has 0 bridgehead atoms. The number of sulfonamides is 1. The standard InChI is InChI=1S/C21H21N3O4S/c1-15(24(29(2,27)28)17-9-4-3-5-10-17)21(26)23-22-14-19-18-11-7-6-8-16(18)12-13-20(19)25/h3-15,25H,1-2H3,(H,23,26). The second-order valence-corrected chi connectivity index (χ2v) is 8.38. The molecule has 0 aromatic heterocycles. The molecule has 0 saturated heterocycles. The summed E-state index contributed by atoms with van der Waals surface area (Å²) in [6.07, 6.45) is 2.39. The molecule has 0 spiro atoms.